The number of ether oxygens (including phenoxy) is 1. The number of nitriles is 1. The predicted molar refractivity (Wildman–Crippen MR) is 83.9 cm³/mol. The Morgan fingerprint density at radius 2 is 1.95 bits per heavy atom. The van der Waals surface area contributed by atoms with Crippen molar-refractivity contribution < 1.29 is 9.53 Å². The van der Waals surface area contributed by atoms with Gasteiger partial charge in [-0.2, -0.15) is 5.26 Å². The third kappa shape index (κ3) is 3.56. The van der Waals surface area contributed by atoms with Crippen LogP contribution in [0.25, 0.3) is 0 Å². The molecule has 0 spiro atoms. The Labute approximate surface area is 127 Å². The molecule has 0 saturated carbocycles. The third-order valence-corrected chi connectivity index (χ3v) is 3.72. The van der Waals surface area contributed by atoms with E-state index in [1.54, 1.807) is 43.5 Å². The zero-order valence-electron chi connectivity index (χ0n) is 11.7. The SMILES string of the molecule is COc1ccc(C(=O)Nc2cc(C#N)ccc2SC)cc1. The van der Waals surface area contributed by atoms with Gasteiger partial charge in [-0.3, -0.25) is 4.79 Å². The number of thioether (sulfide) groups is 1. The van der Waals surface area contributed by atoms with Gasteiger partial charge in [-0.15, -0.1) is 11.8 Å². The highest BCUT2D eigenvalue weighted by Crippen LogP contribution is 2.27. The van der Waals surface area contributed by atoms with Crippen LogP contribution in [-0.4, -0.2) is 19.3 Å². The van der Waals surface area contributed by atoms with Gasteiger partial charge in [-0.1, -0.05) is 0 Å². The molecule has 0 aliphatic rings. The van der Waals surface area contributed by atoms with Crippen molar-refractivity contribution >= 4 is 23.4 Å². The van der Waals surface area contributed by atoms with Gasteiger partial charge < -0.3 is 10.1 Å². The Hall–Kier alpha value is -2.45. The summed E-state index contributed by atoms with van der Waals surface area (Å²) >= 11 is 1.51. The average Bonchev–Trinajstić information content (AvgIpc) is 2.54. The van der Waals surface area contributed by atoms with Gasteiger partial charge in [0.1, 0.15) is 5.75 Å². The van der Waals surface area contributed by atoms with Crippen LogP contribution in [0.15, 0.2) is 47.4 Å². The largest absolute Gasteiger partial charge is 0.497 e. The van der Waals surface area contributed by atoms with Crippen molar-refractivity contribution in [1.82, 2.24) is 0 Å². The van der Waals surface area contributed by atoms with Gasteiger partial charge in [-0.25, -0.2) is 0 Å². The summed E-state index contributed by atoms with van der Waals surface area (Å²) in [6.45, 7) is 0. The summed E-state index contributed by atoms with van der Waals surface area (Å²) in [5.41, 5.74) is 1.69. The number of nitrogens with one attached hydrogen (secondary N) is 1. The number of nitrogens with zero attached hydrogens (tertiary/aromatic N) is 1. The molecule has 0 bridgehead atoms. The van der Waals surface area contributed by atoms with E-state index in [-0.39, 0.29) is 5.91 Å². The number of anilines is 1. The summed E-state index contributed by atoms with van der Waals surface area (Å²) in [4.78, 5) is 13.2. The molecule has 2 aromatic carbocycles. The molecule has 0 aromatic heterocycles. The minimum atomic E-state index is -0.219. The summed E-state index contributed by atoms with van der Waals surface area (Å²) in [5, 5.41) is 11.8. The number of carbonyl (C=O) groups excluding carboxylic acids is 1. The summed E-state index contributed by atoms with van der Waals surface area (Å²) in [6, 6.07) is 14.2. The third-order valence-electron chi connectivity index (χ3n) is 2.93. The fourth-order valence-corrected chi connectivity index (χ4v) is 2.35. The molecule has 4 nitrogen and oxygen atoms in total. The van der Waals surface area contributed by atoms with E-state index in [0.29, 0.717) is 22.6 Å². The highest BCUT2D eigenvalue weighted by Gasteiger charge is 2.10. The molecule has 0 atom stereocenters. The van der Waals surface area contributed by atoms with Crippen molar-refractivity contribution in [2.24, 2.45) is 0 Å². The van der Waals surface area contributed by atoms with Crippen LogP contribution in [0.2, 0.25) is 0 Å². The number of benzene rings is 2. The molecule has 0 fully saturated rings. The van der Waals surface area contributed by atoms with Crippen LogP contribution < -0.4 is 10.1 Å². The van der Waals surface area contributed by atoms with Crippen molar-refractivity contribution in [1.29, 1.82) is 5.26 Å². The predicted octanol–water partition coefficient (Wildman–Crippen LogP) is 3.54. The van der Waals surface area contributed by atoms with Crippen molar-refractivity contribution in [3.05, 3.63) is 53.6 Å². The van der Waals surface area contributed by atoms with Gasteiger partial charge in [0, 0.05) is 10.5 Å². The van der Waals surface area contributed by atoms with Gasteiger partial charge in [0.05, 0.1) is 24.4 Å². The molecule has 0 saturated heterocycles. The van der Waals surface area contributed by atoms with E-state index in [2.05, 4.69) is 11.4 Å². The molecule has 0 heterocycles. The maximum Gasteiger partial charge on any atom is 0.255 e. The first kappa shape index (κ1) is 14.9. The fourth-order valence-electron chi connectivity index (χ4n) is 1.81. The van der Waals surface area contributed by atoms with E-state index in [1.807, 2.05) is 12.3 Å². The maximum absolute atomic E-state index is 12.2. The molecular weight excluding hydrogens is 284 g/mol. The molecule has 0 unspecified atom stereocenters. The normalized spacial score (nSPS) is 9.76. The molecule has 1 N–H and O–H groups in total. The van der Waals surface area contributed by atoms with Gasteiger partial charge in [0.25, 0.3) is 5.91 Å². The van der Waals surface area contributed by atoms with E-state index < -0.39 is 0 Å². The van der Waals surface area contributed by atoms with Gasteiger partial charge in [0.15, 0.2) is 0 Å². The number of carbonyl (C=O) groups is 1. The minimum absolute atomic E-state index is 0.219. The van der Waals surface area contributed by atoms with Crippen LogP contribution in [0.3, 0.4) is 0 Å². The van der Waals surface area contributed by atoms with E-state index in [9.17, 15) is 4.79 Å². The Balaban J connectivity index is 2.24. The lowest BCUT2D eigenvalue weighted by Crippen LogP contribution is -2.12. The molecule has 0 radical (unpaired) electrons. The molecular formula is C16H14N2O2S. The Bertz CT molecular complexity index is 690. The highest BCUT2D eigenvalue weighted by molar-refractivity contribution is 7.98. The molecule has 2 aromatic rings. The van der Waals surface area contributed by atoms with Crippen molar-refractivity contribution in [3.63, 3.8) is 0 Å². The van der Waals surface area contributed by atoms with Crippen LogP contribution >= 0.6 is 11.8 Å². The first-order chi connectivity index (χ1) is 10.2. The van der Waals surface area contributed by atoms with E-state index in [1.165, 1.54) is 11.8 Å². The molecule has 2 rings (SSSR count). The van der Waals surface area contributed by atoms with Crippen LogP contribution in [0.5, 0.6) is 5.75 Å². The van der Waals surface area contributed by atoms with Crippen LogP contribution in [-0.2, 0) is 0 Å². The minimum Gasteiger partial charge on any atom is -0.497 e. The number of amides is 1. The van der Waals surface area contributed by atoms with Crippen molar-refractivity contribution in [2.75, 3.05) is 18.7 Å². The number of hydrogen-bond acceptors (Lipinski definition) is 4. The lowest BCUT2D eigenvalue weighted by atomic mass is 10.2. The van der Waals surface area contributed by atoms with Crippen LogP contribution in [0.1, 0.15) is 15.9 Å². The summed E-state index contributed by atoms with van der Waals surface area (Å²) < 4.78 is 5.06. The van der Waals surface area contributed by atoms with Gasteiger partial charge in [0.2, 0.25) is 0 Å². The molecule has 21 heavy (non-hydrogen) atoms. The molecule has 1 amide bonds. The average molecular weight is 298 g/mol. The quantitative estimate of drug-likeness (QED) is 0.877. The topological polar surface area (TPSA) is 62.1 Å². The lowest BCUT2D eigenvalue weighted by molar-refractivity contribution is 0.102. The van der Waals surface area contributed by atoms with Crippen LogP contribution in [0, 0.1) is 11.3 Å². The first-order valence-corrected chi connectivity index (χ1v) is 7.44. The van der Waals surface area contributed by atoms with E-state index in [4.69, 9.17) is 10.00 Å². The number of hydrogen-bond donors (Lipinski definition) is 1. The highest BCUT2D eigenvalue weighted by atomic mass is 32.2. The smallest absolute Gasteiger partial charge is 0.255 e. The van der Waals surface area contributed by atoms with Crippen molar-refractivity contribution in [2.45, 2.75) is 4.90 Å². The second-order valence-electron chi connectivity index (χ2n) is 4.21. The zero-order chi connectivity index (χ0) is 15.2. The first-order valence-electron chi connectivity index (χ1n) is 6.21. The molecule has 0 aliphatic carbocycles. The summed E-state index contributed by atoms with van der Waals surface area (Å²) in [6.07, 6.45) is 1.92. The maximum atomic E-state index is 12.2. The summed E-state index contributed by atoms with van der Waals surface area (Å²) in [7, 11) is 1.58. The fraction of sp³-hybridized carbons (Fsp3) is 0.125. The Morgan fingerprint density at radius 1 is 1.24 bits per heavy atom. The number of rotatable bonds is 4. The van der Waals surface area contributed by atoms with E-state index >= 15 is 0 Å². The monoisotopic (exact) mass is 298 g/mol. The Morgan fingerprint density at radius 3 is 2.52 bits per heavy atom. The lowest BCUT2D eigenvalue weighted by Gasteiger charge is -2.10. The summed E-state index contributed by atoms with van der Waals surface area (Å²) in [5.74, 6) is 0.478. The molecule has 0 aliphatic heterocycles. The second-order valence-corrected chi connectivity index (χ2v) is 5.06. The molecule has 106 valence electrons. The number of methoxy groups -OCH3 is 1. The second kappa shape index (κ2) is 6.82. The molecule has 5 heteroatoms. The Kier molecular flexibility index (Phi) is 4.85. The standard InChI is InChI=1S/C16H14N2O2S/c1-20-13-6-4-12(5-7-13)16(19)18-14-9-11(10-17)3-8-15(14)21-2/h3-9H,1-2H3,(H,18,19). The van der Waals surface area contributed by atoms with Gasteiger partial charge >= 0.3 is 0 Å². The van der Waals surface area contributed by atoms with Crippen molar-refractivity contribution in [3.8, 4) is 11.8 Å². The van der Waals surface area contributed by atoms with Gasteiger partial charge in [-0.05, 0) is 48.7 Å². The van der Waals surface area contributed by atoms with E-state index in [0.717, 1.165) is 4.90 Å². The van der Waals surface area contributed by atoms with Crippen LogP contribution in [0.4, 0.5) is 5.69 Å². The zero-order valence-corrected chi connectivity index (χ0v) is 12.5.